The van der Waals surface area contributed by atoms with E-state index in [1.807, 2.05) is 0 Å². The molecule has 0 unspecified atom stereocenters. The van der Waals surface area contributed by atoms with Crippen molar-refractivity contribution < 1.29 is 9.90 Å². The van der Waals surface area contributed by atoms with E-state index in [1.54, 1.807) is 11.0 Å². The van der Waals surface area contributed by atoms with E-state index in [1.165, 1.54) is 44.9 Å². The molecule has 1 aliphatic carbocycles. The number of urea groups is 1. The number of hydrogen-bond donors (Lipinski definition) is 2. The number of nitrogens with zero attached hydrogens (tertiary/aromatic N) is 1. The van der Waals surface area contributed by atoms with E-state index in [4.69, 9.17) is 5.11 Å². The monoisotopic (exact) mass is 268 g/mol. The predicted octanol–water partition coefficient (Wildman–Crippen LogP) is 2.54. The van der Waals surface area contributed by atoms with Crippen LogP contribution in [0.3, 0.4) is 0 Å². The minimum absolute atomic E-state index is 0.00924. The van der Waals surface area contributed by atoms with E-state index in [0.717, 1.165) is 6.54 Å². The topological polar surface area (TPSA) is 52.6 Å². The number of carbonyl (C=O) groups excluding carboxylic acids is 1. The average Bonchev–Trinajstić information content (AvgIpc) is 2.37. The highest BCUT2D eigenvalue weighted by atomic mass is 16.3. The van der Waals surface area contributed by atoms with Gasteiger partial charge < -0.3 is 15.3 Å². The van der Waals surface area contributed by atoms with Crippen LogP contribution in [-0.2, 0) is 0 Å². The molecular formula is C15H28N2O2. The van der Waals surface area contributed by atoms with Gasteiger partial charge in [0.15, 0.2) is 0 Å². The summed E-state index contributed by atoms with van der Waals surface area (Å²) < 4.78 is 0. The van der Waals surface area contributed by atoms with Gasteiger partial charge in [0.25, 0.3) is 0 Å². The molecule has 0 spiro atoms. The molecule has 0 heterocycles. The summed E-state index contributed by atoms with van der Waals surface area (Å²) in [6.45, 7) is 5.23. The Balaban J connectivity index is 2.31. The van der Waals surface area contributed by atoms with Crippen molar-refractivity contribution in [2.45, 2.75) is 44.9 Å². The van der Waals surface area contributed by atoms with Crippen LogP contribution in [0, 0.1) is 5.92 Å². The lowest BCUT2D eigenvalue weighted by Crippen LogP contribution is -2.43. The highest BCUT2D eigenvalue weighted by molar-refractivity contribution is 5.74. The molecule has 0 saturated heterocycles. The molecule has 4 heteroatoms. The van der Waals surface area contributed by atoms with E-state index < -0.39 is 0 Å². The average molecular weight is 268 g/mol. The van der Waals surface area contributed by atoms with Crippen LogP contribution in [0.1, 0.15) is 44.9 Å². The third kappa shape index (κ3) is 6.62. The third-order valence-corrected chi connectivity index (χ3v) is 3.77. The summed E-state index contributed by atoms with van der Waals surface area (Å²) in [6.07, 6.45) is 10.7. The van der Waals surface area contributed by atoms with Crippen LogP contribution in [0.15, 0.2) is 12.7 Å². The first-order chi connectivity index (χ1) is 9.27. The molecular weight excluding hydrogens is 240 g/mol. The second-order valence-electron chi connectivity index (χ2n) is 5.36. The Bertz CT molecular complexity index is 261. The van der Waals surface area contributed by atoms with Crippen LogP contribution in [0.4, 0.5) is 4.79 Å². The van der Waals surface area contributed by atoms with Crippen molar-refractivity contribution >= 4 is 6.03 Å². The zero-order valence-electron chi connectivity index (χ0n) is 11.9. The standard InChI is InChI=1S/C15H28N2O2/c1-2-10-17(11-12-18)15(19)16-13-14-8-6-4-3-5-7-9-14/h2,14,18H,1,3-13H2,(H,16,19). The lowest BCUT2D eigenvalue weighted by molar-refractivity contribution is 0.181. The van der Waals surface area contributed by atoms with Gasteiger partial charge in [-0.1, -0.05) is 38.2 Å². The van der Waals surface area contributed by atoms with Crippen LogP contribution < -0.4 is 5.32 Å². The number of rotatable bonds is 6. The molecule has 19 heavy (non-hydrogen) atoms. The summed E-state index contributed by atoms with van der Waals surface area (Å²) in [7, 11) is 0. The smallest absolute Gasteiger partial charge is 0.317 e. The number of carbonyl (C=O) groups is 1. The van der Waals surface area contributed by atoms with Crippen LogP contribution in [0.25, 0.3) is 0 Å². The zero-order valence-corrected chi connectivity index (χ0v) is 11.9. The maximum Gasteiger partial charge on any atom is 0.317 e. The fraction of sp³-hybridized carbons (Fsp3) is 0.800. The summed E-state index contributed by atoms with van der Waals surface area (Å²) in [5.74, 6) is 0.615. The summed E-state index contributed by atoms with van der Waals surface area (Å²) in [6, 6.07) is -0.0870. The molecule has 0 bridgehead atoms. The van der Waals surface area contributed by atoms with Gasteiger partial charge in [0.2, 0.25) is 0 Å². The predicted molar refractivity (Wildman–Crippen MR) is 78.1 cm³/mol. The highest BCUT2D eigenvalue weighted by Crippen LogP contribution is 2.21. The molecule has 0 atom stereocenters. The number of hydrogen-bond acceptors (Lipinski definition) is 2. The first-order valence-electron chi connectivity index (χ1n) is 7.52. The van der Waals surface area contributed by atoms with Gasteiger partial charge >= 0.3 is 6.03 Å². The quantitative estimate of drug-likeness (QED) is 0.727. The molecule has 2 amide bonds. The fourth-order valence-corrected chi connectivity index (χ4v) is 2.64. The van der Waals surface area contributed by atoms with Crippen molar-refractivity contribution in [3.63, 3.8) is 0 Å². The number of aliphatic hydroxyl groups excluding tert-OH is 1. The van der Waals surface area contributed by atoms with Crippen LogP contribution in [0.2, 0.25) is 0 Å². The van der Waals surface area contributed by atoms with Crippen molar-refractivity contribution in [2.75, 3.05) is 26.2 Å². The van der Waals surface area contributed by atoms with E-state index in [9.17, 15) is 4.79 Å². The van der Waals surface area contributed by atoms with Gasteiger partial charge in [-0.2, -0.15) is 0 Å². The van der Waals surface area contributed by atoms with Gasteiger partial charge in [-0.3, -0.25) is 0 Å². The Kier molecular flexibility index (Phi) is 8.30. The normalized spacial score (nSPS) is 17.3. The largest absolute Gasteiger partial charge is 0.395 e. The van der Waals surface area contributed by atoms with E-state index in [0.29, 0.717) is 19.0 Å². The number of amides is 2. The van der Waals surface area contributed by atoms with Crippen LogP contribution >= 0.6 is 0 Å². The molecule has 1 aliphatic rings. The molecule has 1 saturated carbocycles. The van der Waals surface area contributed by atoms with Crippen molar-refractivity contribution in [3.8, 4) is 0 Å². The second kappa shape index (κ2) is 9.84. The molecule has 0 radical (unpaired) electrons. The van der Waals surface area contributed by atoms with Crippen LogP contribution in [-0.4, -0.2) is 42.3 Å². The fourth-order valence-electron chi connectivity index (χ4n) is 2.64. The van der Waals surface area contributed by atoms with Gasteiger partial charge in [-0.25, -0.2) is 4.79 Å². The lowest BCUT2D eigenvalue weighted by atomic mass is 9.91. The van der Waals surface area contributed by atoms with Crippen molar-refractivity contribution in [2.24, 2.45) is 5.92 Å². The van der Waals surface area contributed by atoms with Gasteiger partial charge in [0.05, 0.1) is 6.61 Å². The van der Waals surface area contributed by atoms with Crippen molar-refractivity contribution in [1.82, 2.24) is 10.2 Å². The molecule has 1 fully saturated rings. The molecule has 0 aromatic carbocycles. The van der Waals surface area contributed by atoms with E-state index >= 15 is 0 Å². The maximum atomic E-state index is 12.0. The third-order valence-electron chi connectivity index (χ3n) is 3.77. The summed E-state index contributed by atoms with van der Waals surface area (Å²) >= 11 is 0. The summed E-state index contributed by atoms with van der Waals surface area (Å²) in [5.41, 5.74) is 0. The minimum Gasteiger partial charge on any atom is -0.395 e. The Morgan fingerprint density at radius 3 is 2.47 bits per heavy atom. The zero-order chi connectivity index (χ0) is 13.9. The number of aliphatic hydroxyl groups is 1. The van der Waals surface area contributed by atoms with Gasteiger partial charge in [0, 0.05) is 19.6 Å². The van der Waals surface area contributed by atoms with E-state index in [-0.39, 0.29) is 12.6 Å². The van der Waals surface area contributed by atoms with Gasteiger partial charge in [-0.15, -0.1) is 6.58 Å². The minimum atomic E-state index is -0.0870. The first kappa shape index (κ1) is 16.0. The molecule has 4 nitrogen and oxygen atoms in total. The van der Waals surface area contributed by atoms with Crippen LogP contribution in [0.5, 0.6) is 0 Å². The Labute approximate surface area is 116 Å². The first-order valence-corrected chi connectivity index (χ1v) is 7.52. The van der Waals surface area contributed by atoms with E-state index in [2.05, 4.69) is 11.9 Å². The molecule has 110 valence electrons. The molecule has 0 aliphatic heterocycles. The molecule has 2 N–H and O–H groups in total. The Hall–Kier alpha value is -1.03. The summed E-state index contributed by atoms with van der Waals surface area (Å²) in [4.78, 5) is 13.6. The SMILES string of the molecule is C=CCN(CCO)C(=O)NCC1CCCCCCC1. The lowest BCUT2D eigenvalue weighted by Gasteiger charge is -2.24. The molecule has 1 rings (SSSR count). The van der Waals surface area contributed by atoms with Crippen molar-refractivity contribution in [1.29, 1.82) is 0 Å². The molecule has 0 aromatic heterocycles. The Morgan fingerprint density at radius 1 is 1.26 bits per heavy atom. The molecule has 0 aromatic rings. The number of nitrogens with one attached hydrogen (secondary N) is 1. The second-order valence-corrected chi connectivity index (χ2v) is 5.36. The van der Waals surface area contributed by atoms with Gasteiger partial charge in [0.1, 0.15) is 0 Å². The van der Waals surface area contributed by atoms with Gasteiger partial charge in [-0.05, 0) is 18.8 Å². The summed E-state index contributed by atoms with van der Waals surface area (Å²) in [5, 5.41) is 11.9. The Morgan fingerprint density at radius 2 is 1.89 bits per heavy atom. The highest BCUT2D eigenvalue weighted by Gasteiger charge is 2.15. The maximum absolute atomic E-state index is 12.0. The van der Waals surface area contributed by atoms with Crippen molar-refractivity contribution in [3.05, 3.63) is 12.7 Å².